The molecule has 0 saturated carbocycles. The van der Waals surface area contributed by atoms with Gasteiger partial charge in [-0.2, -0.15) is 4.37 Å². The maximum absolute atomic E-state index is 5.36. The van der Waals surface area contributed by atoms with Gasteiger partial charge in [-0.25, -0.2) is 0 Å². The summed E-state index contributed by atoms with van der Waals surface area (Å²) >= 11 is 1.48. The molecule has 0 fully saturated rings. The van der Waals surface area contributed by atoms with Crippen LogP contribution in [-0.2, 0) is 0 Å². The van der Waals surface area contributed by atoms with E-state index in [0.717, 1.165) is 11.3 Å². The van der Waals surface area contributed by atoms with Gasteiger partial charge < -0.3 is 4.74 Å². The highest BCUT2D eigenvalue weighted by Crippen LogP contribution is 2.27. The van der Waals surface area contributed by atoms with E-state index in [-0.39, 0.29) is 0 Å². The average molecular weight is 179 g/mol. The molecule has 0 aliphatic heterocycles. The van der Waals surface area contributed by atoms with Crippen LogP contribution in [-0.4, -0.2) is 11.0 Å². The molecule has 0 aliphatic rings. The van der Waals surface area contributed by atoms with Crippen molar-refractivity contribution in [2.45, 2.75) is 6.92 Å². The lowest BCUT2D eigenvalue weighted by atomic mass is 10.3. The standard InChI is InChI=1S/C9H9NOS/c1-2-11-9-7-5-3-4-6-8(7)12-10-9/h3-6H,2H2,1H3. The van der Waals surface area contributed by atoms with E-state index in [4.69, 9.17) is 4.74 Å². The van der Waals surface area contributed by atoms with Gasteiger partial charge in [0.15, 0.2) is 0 Å². The molecule has 1 aromatic heterocycles. The minimum absolute atomic E-state index is 0.674. The molecular formula is C9H9NOS. The van der Waals surface area contributed by atoms with Crippen LogP contribution < -0.4 is 4.74 Å². The molecule has 1 heterocycles. The minimum Gasteiger partial charge on any atom is -0.477 e. The van der Waals surface area contributed by atoms with Crippen LogP contribution in [0.3, 0.4) is 0 Å². The normalized spacial score (nSPS) is 10.4. The molecular weight excluding hydrogens is 170 g/mol. The van der Waals surface area contributed by atoms with E-state index in [1.165, 1.54) is 16.2 Å². The molecule has 2 rings (SSSR count). The van der Waals surface area contributed by atoms with Crippen molar-refractivity contribution >= 4 is 21.6 Å². The molecule has 0 unspecified atom stereocenters. The van der Waals surface area contributed by atoms with Crippen LogP contribution in [0.2, 0.25) is 0 Å². The Bertz CT molecular complexity index is 383. The number of nitrogens with zero attached hydrogens (tertiary/aromatic N) is 1. The molecule has 0 radical (unpaired) electrons. The second kappa shape index (κ2) is 3.11. The number of hydrogen-bond donors (Lipinski definition) is 0. The van der Waals surface area contributed by atoms with Crippen molar-refractivity contribution in [2.24, 2.45) is 0 Å². The number of ether oxygens (including phenoxy) is 1. The van der Waals surface area contributed by atoms with Crippen molar-refractivity contribution in [3.05, 3.63) is 24.3 Å². The van der Waals surface area contributed by atoms with Gasteiger partial charge in [-0.15, -0.1) is 0 Å². The third kappa shape index (κ3) is 1.16. The highest BCUT2D eigenvalue weighted by Gasteiger charge is 2.03. The summed E-state index contributed by atoms with van der Waals surface area (Å²) in [6.45, 7) is 2.64. The Balaban J connectivity index is 2.55. The van der Waals surface area contributed by atoms with Gasteiger partial charge >= 0.3 is 0 Å². The van der Waals surface area contributed by atoms with Crippen molar-refractivity contribution in [1.29, 1.82) is 0 Å². The van der Waals surface area contributed by atoms with Gasteiger partial charge in [0.25, 0.3) is 0 Å². The summed E-state index contributed by atoms with van der Waals surface area (Å²) in [4.78, 5) is 0. The monoisotopic (exact) mass is 179 g/mol. The summed E-state index contributed by atoms with van der Waals surface area (Å²) in [7, 11) is 0. The third-order valence-corrected chi connectivity index (χ3v) is 2.44. The van der Waals surface area contributed by atoms with Crippen LogP contribution in [0.5, 0.6) is 5.88 Å². The first-order valence-electron chi connectivity index (χ1n) is 3.89. The predicted octanol–water partition coefficient (Wildman–Crippen LogP) is 2.70. The minimum atomic E-state index is 0.674. The molecule has 1 aromatic carbocycles. The molecule has 62 valence electrons. The summed E-state index contributed by atoms with van der Waals surface area (Å²) in [6, 6.07) is 8.09. The van der Waals surface area contributed by atoms with Gasteiger partial charge in [0, 0.05) is 0 Å². The molecule has 0 atom stereocenters. The quantitative estimate of drug-likeness (QED) is 0.707. The van der Waals surface area contributed by atoms with Crippen LogP contribution in [0, 0.1) is 0 Å². The lowest BCUT2D eigenvalue weighted by Gasteiger charge is -1.96. The van der Waals surface area contributed by atoms with Crippen LogP contribution in [0.25, 0.3) is 10.1 Å². The second-order valence-corrected chi connectivity index (χ2v) is 3.22. The zero-order valence-corrected chi connectivity index (χ0v) is 7.60. The number of hydrogen-bond acceptors (Lipinski definition) is 3. The van der Waals surface area contributed by atoms with E-state index in [1.807, 2.05) is 25.1 Å². The Morgan fingerprint density at radius 3 is 3.08 bits per heavy atom. The fourth-order valence-electron chi connectivity index (χ4n) is 1.10. The molecule has 0 bridgehead atoms. The lowest BCUT2D eigenvalue weighted by molar-refractivity contribution is 0.334. The Labute approximate surface area is 75.0 Å². The Morgan fingerprint density at radius 2 is 2.25 bits per heavy atom. The Morgan fingerprint density at radius 1 is 1.42 bits per heavy atom. The van der Waals surface area contributed by atoms with Gasteiger partial charge in [0.05, 0.1) is 16.7 Å². The van der Waals surface area contributed by atoms with Crippen molar-refractivity contribution < 1.29 is 4.74 Å². The zero-order valence-electron chi connectivity index (χ0n) is 6.78. The molecule has 0 aliphatic carbocycles. The molecule has 0 saturated heterocycles. The molecule has 0 spiro atoms. The van der Waals surface area contributed by atoms with Gasteiger partial charge in [-0.1, -0.05) is 12.1 Å². The fourth-order valence-corrected chi connectivity index (χ4v) is 1.83. The summed E-state index contributed by atoms with van der Waals surface area (Å²) in [6.07, 6.45) is 0. The first kappa shape index (κ1) is 7.55. The molecule has 12 heavy (non-hydrogen) atoms. The second-order valence-electron chi connectivity index (χ2n) is 2.42. The van der Waals surface area contributed by atoms with E-state index in [1.54, 1.807) is 0 Å². The van der Waals surface area contributed by atoms with E-state index < -0.39 is 0 Å². The van der Waals surface area contributed by atoms with Crippen molar-refractivity contribution in [3.8, 4) is 5.88 Å². The van der Waals surface area contributed by atoms with E-state index in [9.17, 15) is 0 Å². The maximum atomic E-state index is 5.36. The molecule has 3 heteroatoms. The largest absolute Gasteiger partial charge is 0.477 e. The van der Waals surface area contributed by atoms with Gasteiger partial charge in [-0.05, 0) is 30.6 Å². The molecule has 2 aromatic rings. The number of benzene rings is 1. The van der Waals surface area contributed by atoms with Crippen LogP contribution >= 0.6 is 11.5 Å². The van der Waals surface area contributed by atoms with Crippen molar-refractivity contribution in [2.75, 3.05) is 6.61 Å². The molecule has 2 nitrogen and oxygen atoms in total. The van der Waals surface area contributed by atoms with E-state index in [0.29, 0.717) is 6.61 Å². The zero-order chi connectivity index (χ0) is 8.39. The Kier molecular flexibility index (Phi) is 1.96. The predicted molar refractivity (Wildman–Crippen MR) is 50.8 cm³/mol. The van der Waals surface area contributed by atoms with Gasteiger partial charge in [0.1, 0.15) is 0 Å². The number of rotatable bonds is 2. The van der Waals surface area contributed by atoms with Crippen molar-refractivity contribution in [3.63, 3.8) is 0 Å². The molecule has 0 N–H and O–H groups in total. The highest BCUT2D eigenvalue weighted by molar-refractivity contribution is 7.13. The van der Waals surface area contributed by atoms with Crippen LogP contribution in [0.4, 0.5) is 0 Å². The maximum Gasteiger partial charge on any atom is 0.233 e. The summed E-state index contributed by atoms with van der Waals surface area (Å²) in [5.41, 5.74) is 0. The smallest absolute Gasteiger partial charge is 0.233 e. The summed E-state index contributed by atoms with van der Waals surface area (Å²) in [5.74, 6) is 0.762. The van der Waals surface area contributed by atoms with E-state index in [2.05, 4.69) is 10.4 Å². The summed E-state index contributed by atoms with van der Waals surface area (Å²) < 4.78 is 10.7. The number of fused-ring (bicyclic) bond motifs is 1. The SMILES string of the molecule is CCOc1nsc2ccccc12. The first-order chi connectivity index (χ1) is 5.92. The molecule has 0 amide bonds. The van der Waals surface area contributed by atoms with Gasteiger partial charge in [0.2, 0.25) is 5.88 Å². The first-order valence-corrected chi connectivity index (χ1v) is 4.66. The fraction of sp³-hybridized carbons (Fsp3) is 0.222. The third-order valence-electron chi connectivity index (χ3n) is 1.63. The Hall–Kier alpha value is -1.09. The van der Waals surface area contributed by atoms with Crippen LogP contribution in [0.15, 0.2) is 24.3 Å². The summed E-state index contributed by atoms with van der Waals surface area (Å²) in [5, 5.41) is 1.12. The average Bonchev–Trinajstić information content (AvgIpc) is 2.50. The van der Waals surface area contributed by atoms with E-state index >= 15 is 0 Å². The van der Waals surface area contributed by atoms with Crippen molar-refractivity contribution in [1.82, 2.24) is 4.37 Å². The number of aromatic nitrogens is 1. The highest BCUT2D eigenvalue weighted by atomic mass is 32.1. The topological polar surface area (TPSA) is 22.1 Å². The van der Waals surface area contributed by atoms with Crippen LogP contribution in [0.1, 0.15) is 6.92 Å². The lowest BCUT2D eigenvalue weighted by Crippen LogP contribution is -1.90. The van der Waals surface area contributed by atoms with Gasteiger partial charge in [-0.3, -0.25) is 0 Å².